The highest BCUT2D eigenvalue weighted by atomic mass is 16.2. The quantitative estimate of drug-likeness (QED) is 0.753. The minimum atomic E-state index is 0.0393. The van der Waals surface area contributed by atoms with Gasteiger partial charge in [0, 0.05) is 31.7 Å². The van der Waals surface area contributed by atoms with E-state index in [0.29, 0.717) is 16.9 Å². The van der Waals surface area contributed by atoms with E-state index in [9.17, 15) is 4.79 Å². The Hall–Kier alpha value is -1.75. The summed E-state index contributed by atoms with van der Waals surface area (Å²) in [6.45, 7) is 6.60. The SMILES string of the molecule is CCN1CCN(C(=O)c2ccc(N)c(N)c2)CC1. The molecule has 0 aliphatic carbocycles. The Bertz CT molecular complexity index is 439. The van der Waals surface area contributed by atoms with Crippen LogP contribution in [0.1, 0.15) is 17.3 Å². The first-order valence-corrected chi connectivity index (χ1v) is 6.28. The summed E-state index contributed by atoms with van der Waals surface area (Å²) >= 11 is 0. The van der Waals surface area contributed by atoms with Crippen LogP contribution in [-0.4, -0.2) is 48.4 Å². The highest BCUT2D eigenvalue weighted by Crippen LogP contribution is 2.18. The van der Waals surface area contributed by atoms with E-state index >= 15 is 0 Å². The summed E-state index contributed by atoms with van der Waals surface area (Å²) in [4.78, 5) is 16.5. The molecule has 2 rings (SSSR count). The fraction of sp³-hybridized carbons (Fsp3) is 0.462. The molecule has 18 heavy (non-hydrogen) atoms. The van der Waals surface area contributed by atoms with Crippen molar-refractivity contribution in [2.75, 3.05) is 44.2 Å². The van der Waals surface area contributed by atoms with Gasteiger partial charge in [-0.05, 0) is 24.7 Å². The van der Waals surface area contributed by atoms with Crippen LogP contribution >= 0.6 is 0 Å². The van der Waals surface area contributed by atoms with Crippen LogP contribution in [0.25, 0.3) is 0 Å². The third-order valence-electron chi connectivity index (χ3n) is 3.44. The number of rotatable bonds is 2. The van der Waals surface area contributed by atoms with E-state index in [1.54, 1.807) is 18.2 Å². The number of anilines is 2. The molecule has 0 unspecified atom stereocenters. The molecule has 1 fully saturated rings. The first-order chi connectivity index (χ1) is 8.61. The van der Waals surface area contributed by atoms with Gasteiger partial charge < -0.3 is 21.3 Å². The van der Waals surface area contributed by atoms with Gasteiger partial charge in [-0.1, -0.05) is 6.92 Å². The summed E-state index contributed by atoms with van der Waals surface area (Å²) in [7, 11) is 0. The van der Waals surface area contributed by atoms with Gasteiger partial charge in [0.1, 0.15) is 0 Å². The van der Waals surface area contributed by atoms with Crippen molar-refractivity contribution in [3.05, 3.63) is 23.8 Å². The average Bonchev–Trinajstić information content (AvgIpc) is 2.41. The van der Waals surface area contributed by atoms with Crippen LogP contribution in [-0.2, 0) is 0 Å². The molecule has 0 bridgehead atoms. The minimum absolute atomic E-state index is 0.0393. The summed E-state index contributed by atoms with van der Waals surface area (Å²) in [5, 5.41) is 0. The smallest absolute Gasteiger partial charge is 0.254 e. The summed E-state index contributed by atoms with van der Waals surface area (Å²) < 4.78 is 0. The second-order valence-corrected chi connectivity index (χ2v) is 4.57. The van der Waals surface area contributed by atoms with Crippen LogP contribution in [0, 0.1) is 0 Å². The van der Waals surface area contributed by atoms with E-state index in [2.05, 4.69) is 11.8 Å². The van der Waals surface area contributed by atoms with Gasteiger partial charge in [0.2, 0.25) is 0 Å². The van der Waals surface area contributed by atoms with Crippen molar-refractivity contribution in [1.29, 1.82) is 0 Å². The normalized spacial score (nSPS) is 16.8. The molecule has 1 aromatic carbocycles. The molecule has 0 radical (unpaired) electrons. The Morgan fingerprint density at radius 1 is 1.17 bits per heavy atom. The predicted octanol–water partition coefficient (Wildman–Crippen LogP) is 0.629. The first-order valence-electron chi connectivity index (χ1n) is 6.28. The Morgan fingerprint density at radius 2 is 1.83 bits per heavy atom. The zero-order valence-corrected chi connectivity index (χ0v) is 10.7. The Labute approximate surface area is 107 Å². The maximum Gasteiger partial charge on any atom is 0.254 e. The molecule has 4 N–H and O–H groups in total. The highest BCUT2D eigenvalue weighted by Gasteiger charge is 2.21. The minimum Gasteiger partial charge on any atom is -0.397 e. The Kier molecular flexibility index (Phi) is 3.72. The van der Waals surface area contributed by atoms with Crippen LogP contribution in [0.4, 0.5) is 11.4 Å². The monoisotopic (exact) mass is 248 g/mol. The highest BCUT2D eigenvalue weighted by molar-refractivity contribution is 5.96. The lowest BCUT2D eigenvalue weighted by molar-refractivity contribution is 0.0643. The molecule has 1 saturated heterocycles. The molecule has 1 aliphatic heterocycles. The summed E-state index contributed by atoms with van der Waals surface area (Å²) in [5.41, 5.74) is 13.0. The summed E-state index contributed by atoms with van der Waals surface area (Å²) in [6, 6.07) is 5.08. The summed E-state index contributed by atoms with van der Waals surface area (Å²) in [5.74, 6) is 0.0393. The lowest BCUT2D eigenvalue weighted by Crippen LogP contribution is -2.48. The van der Waals surface area contributed by atoms with E-state index in [1.807, 2.05) is 4.90 Å². The number of nitrogen functional groups attached to an aromatic ring is 2. The van der Waals surface area contributed by atoms with E-state index < -0.39 is 0 Å². The van der Waals surface area contributed by atoms with Gasteiger partial charge in [-0.15, -0.1) is 0 Å². The number of carbonyl (C=O) groups is 1. The van der Waals surface area contributed by atoms with Crippen molar-refractivity contribution in [2.24, 2.45) is 0 Å². The zero-order valence-electron chi connectivity index (χ0n) is 10.7. The maximum atomic E-state index is 12.3. The standard InChI is InChI=1S/C13H20N4O/c1-2-16-5-7-17(8-6-16)13(18)10-3-4-11(14)12(15)9-10/h3-4,9H,2,5-8,14-15H2,1H3. The van der Waals surface area contributed by atoms with Gasteiger partial charge in [-0.2, -0.15) is 0 Å². The fourth-order valence-corrected chi connectivity index (χ4v) is 2.16. The van der Waals surface area contributed by atoms with E-state index in [1.165, 1.54) is 0 Å². The van der Waals surface area contributed by atoms with Crippen LogP contribution in [0.15, 0.2) is 18.2 Å². The Morgan fingerprint density at radius 3 is 2.39 bits per heavy atom. The maximum absolute atomic E-state index is 12.3. The van der Waals surface area contributed by atoms with Gasteiger partial charge in [0.05, 0.1) is 11.4 Å². The molecular formula is C13H20N4O. The molecule has 98 valence electrons. The van der Waals surface area contributed by atoms with Crippen molar-refractivity contribution >= 4 is 17.3 Å². The lowest BCUT2D eigenvalue weighted by Gasteiger charge is -2.34. The van der Waals surface area contributed by atoms with Crippen LogP contribution < -0.4 is 11.5 Å². The number of piperazine rings is 1. The van der Waals surface area contributed by atoms with E-state index in [4.69, 9.17) is 11.5 Å². The lowest BCUT2D eigenvalue weighted by atomic mass is 10.1. The molecule has 1 heterocycles. The molecule has 0 saturated carbocycles. The molecule has 0 aromatic heterocycles. The zero-order chi connectivity index (χ0) is 13.1. The third kappa shape index (κ3) is 2.56. The van der Waals surface area contributed by atoms with E-state index in [0.717, 1.165) is 32.7 Å². The van der Waals surface area contributed by atoms with Crippen molar-refractivity contribution < 1.29 is 4.79 Å². The molecule has 1 aliphatic rings. The Balaban J connectivity index is 2.05. The molecule has 0 atom stereocenters. The molecule has 1 aromatic rings. The topological polar surface area (TPSA) is 75.6 Å². The summed E-state index contributed by atoms with van der Waals surface area (Å²) in [6.07, 6.45) is 0. The molecule has 0 spiro atoms. The largest absolute Gasteiger partial charge is 0.397 e. The van der Waals surface area contributed by atoms with Gasteiger partial charge in [0.15, 0.2) is 0 Å². The number of benzene rings is 1. The van der Waals surface area contributed by atoms with Crippen molar-refractivity contribution in [1.82, 2.24) is 9.80 Å². The van der Waals surface area contributed by atoms with E-state index in [-0.39, 0.29) is 5.91 Å². The second-order valence-electron chi connectivity index (χ2n) is 4.57. The molecule has 1 amide bonds. The van der Waals surface area contributed by atoms with Gasteiger partial charge in [-0.3, -0.25) is 4.79 Å². The molecular weight excluding hydrogens is 228 g/mol. The van der Waals surface area contributed by atoms with Gasteiger partial charge in [-0.25, -0.2) is 0 Å². The first kappa shape index (κ1) is 12.7. The predicted molar refractivity (Wildman–Crippen MR) is 73.3 cm³/mol. The average molecular weight is 248 g/mol. The fourth-order valence-electron chi connectivity index (χ4n) is 2.16. The van der Waals surface area contributed by atoms with Crippen molar-refractivity contribution in [3.8, 4) is 0 Å². The van der Waals surface area contributed by atoms with Crippen LogP contribution in [0.2, 0.25) is 0 Å². The number of hydrogen-bond acceptors (Lipinski definition) is 4. The van der Waals surface area contributed by atoms with Gasteiger partial charge >= 0.3 is 0 Å². The number of amides is 1. The van der Waals surface area contributed by atoms with Crippen molar-refractivity contribution in [3.63, 3.8) is 0 Å². The van der Waals surface area contributed by atoms with Crippen molar-refractivity contribution in [2.45, 2.75) is 6.92 Å². The van der Waals surface area contributed by atoms with Gasteiger partial charge in [0.25, 0.3) is 5.91 Å². The van der Waals surface area contributed by atoms with Crippen LogP contribution in [0.3, 0.4) is 0 Å². The number of likely N-dealkylation sites (N-methyl/N-ethyl adjacent to an activating group) is 1. The number of hydrogen-bond donors (Lipinski definition) is 2. The molecule has 5 nitrogen and oxygen atoms in total. The number of carbonyl (C=O) groups excluding carboxylic acids is 1. The third-order valence-corrected chi connectivity index (χ3v) is 3.44. The number of nitrogens with zero attached hydrogens (tertiary/aromatic N) is 2. The second kappa shape index (κ2) is 5.27. The molecule has 5 heteroatoms. The number of nitrogens with two attached hydrogens (primary N) is 2. The van der Waals surface area contributed by atoms with Crippen LogP contribution in [0.5, 0.6) is 0 Å².